The summed E-state index contributed by atoms with van der Waals surface area (Å²) in [6.07, 6.45) is -6.25. The first-order valence-electron chi connectivity index (χ1n) is 27.7. The molecule has 1 fully saturated rings. The Balaban J connectivity index is 1.10. The number of ketones is 2. The van der Waals surface area contributed by atoms with E-state index >= 15 is 0 Å². The summed E-state index contributed by atoms with van der Waals surface area (Å²) in [5.74, 6) is -6.74. The molecule has 0 saturated carbocycles. The number of alkyl halides is 6. The van der Waals surface area contributed by atoms with Gasteiger partial charge in [-0.05, 0) is 110 Å². The minimum atomic E-state index is -5.15. The molecule has 17 nitrogen and oxygen atoms in total. The van der Waals surface area contributed by atoms with E-state index in [-0.39, 0.29) is 88.5 Å². The number of phenolic OH excluding ortho intramolecular Hbond substituents is 1. The van der Waals surface area contributed by atoms with Crippen molar-refractivity contribution >= 4 is 57.9 Å². The first-order valence-corrected chi connectivity index (χ1v) is 27.7. The molecule has 7 rings (SSSR count). The second-order valence-electron chi connectivity index (χ2n) is 21.8. The van der Waals surface area contributed by atoms with Crippen LogP contribution in [0.5, 0.6) is 5.75 Å². The number of allylic oxidation sites excluding steroid dienone is 1. The van der Waals surface area contributed by atoms with Gasteiger partial charge in [0.15, 0.2) is 11.6 Å². The van der Waals surface area contributed by atoms with Crippen molar-refractivity contribution in [1.29, 1.82) is 0 Å². The van der Waals surface area contributed by atoms with E-state index in [4.69, 9.17) is 5.73 Å². The highest BCUT2D eigenvalue weighted by molar-refractivity contribution is 5.98. The monoisotopic (exact) mass is 1170 g/mol. The van der Waals surface area contributed by atoms with Gasteiger partial charge in [0.2, 0.25) is 35.4 Å². The third-order valence-electron chi connectivity index (χ3n) is 14.8. The Morgan fingerprint density at radius 2 is 1.40 bits per heavy atom. The number of phenols is 1. The van der Waals surface area contributed by atoms with Gasteiger partial charge in [0.25, 0.3) is 0 Å². The van der Waals surface area contributed by atoms with Crippen LogP contribution < -0.4 is 32.3 Å². The van der Waals surface area contributed by atoms with E-state index in [1.54, 1.807) is 98.9 Å². The number of hydrogen-bond donors (Lipinski definition) is 8. The molecule has 2 aliphatic heterocycles. The fraction of sp³-hybridized carbons (Fsp3) is 0.410. The Labute approximate surface area is 480 Å². The zero-order valence-corrected chi connectivity index (χ0v) is 46.3. The van der Waals surface area contributed by atoms with Gasteiger partial charge >= 0.3 is 12.4 Å². The SMILES string of the molecule is CC(C)C[C@H](NC(=O)[C@@H]1CCCN1C(=O)[C@@H]1CC=CC[C@@H](NC(=O)[C@@H](N)Cc2ccc(O)cc2)C(=O)CCC(=O)N[C@@H](Cc2ccccc2)C(=O)C1)C(=O)N[C@@H](Cc1c[nH]c2ccccc12)C(=O)NCc1cc(C(F)(F)F)cc(C(F)(F)F)c1. The van der Waals surface area contributed by atoms with Crippen LogP contribution in [0, 0.1) is 11.8 Å². The molecular formula is C61H68F6N8O9. The van der Waals surface area contributed by atoms with Crippen LogP contribution in [0.25, 0.3) is 10.9 Å². The maximum absolute atomic E-state index is 14.9. The number of carbonyl (C=O) groups is 8. The number of carbonyl (C=O) groups excluding carboxylic acids is 8. The first-order chi connectivity index (χ1) is 39.8. The van der Waals surface area contributed by atoms with Crippen molar-refractivity contribution < 1.29 is 69.8 Å². The van der Waals surface area contributed by atoms with Gasteiger partial charge in [0.05, 0.1) is 29.3 Å². The van der Waals surface area contributed by atoms with Gasteiger partial charge in [0.1, 0.15) is 23.9 Å². The molecule has 0 spiro atoms. The minimum absolute atomic E-state index is 0.00880. The average Bonchev–Trinajstić information content (AvgIpc) is 3.71. The lowest BCUT2D eigenvalue weighted by atomic mass is 9.90. The van der Waals surface area contributed by atoms with Crippen LogP contribution in [-0.2, 0) is 76.5 Å². The van der Waals surface area contributed by atoms with E-state index in [1.807, 2.05) is 0 Å². The number of aromatic nitrogens is 1. The summed E-state index contributed by atoms with van der Waals surface area (Å²) in [4.78, 5) is 117. The smallest absolute Gasteiger partial charge is 0.416 e. The molecule has 0 radical (unpaired) electrons. The number of H-pyrrole nitrogens is 1. The van der Waals surface area contributed by atoms with Crippen molar-refractivity contribution in [3.63, 3.8) is 0 Å². The highest BCUT2D eigenvalue weighted by atomic mass is 19.4. The number of nitrogens with one attached hydrogen (secondary N) is 6. The van der Waals surface area contributed by atoms with Crippen LogP contribution in [0.3, 0.4) is 0 Å². The lowest BCUT2D eigenvalue weighted by molar-refractivity contribution is -0.144. The van der Waals surface area contributed by atoms with Crippen molar-refractivity contribution in [2.75, 3.05) is 6.54 Å². The Kier molecular flexibility index (Phi) is 21.3. The summed E-state index contributed by atoms with van der Waals surface area (Å²) in [5, 5.41) is 23.6. The van der Waals surface area contributed by atoms with E-state index in [0.29, 0.717) is 46.1 Å². The molecule has 1 aromatic heterocycles. The lowest BCUT2D eigenvalue weighted by Crippen LogP contribution is -2.57. The fourth-order valence-electron chi connectivity index (χ4n) is 10.4. The van der Waals surface area contributed by atoms with Gasteiger partial charge in [-0.25, -0.2) is 0 Å². The number of halogens is 6. The number of hydrogen-bond acceptors (Lipinski definition) is 10. The van der Waals surface area contributed by atoms with Crippen molar-refractivity contribution in [3.05, 3.63) is 149 Å². The zero-order chi connectivity index (χ0) is 60.9. The molecule has 3 heterocycles. The zero-order valence-electron chi connectivity index (χ0n) is 46.3. The number of likely N-dealkylation sites (tertiary alicyclic amines) is 1. The van der Waals surface area contributed by atoms with Crippen LogP contribution >= 0.6 is 0 Å². The highest BCUT2D eigenvalue weighted by Crippen LogP contribution is 2.36. The maximum atomic E-state index is 14.9. The van der Waals surface area contributed by atoms with E-state index in [9.17, 15) is 69.8 Å². The van der Waals surface area contributed by atoms with E-state index in [0.717, 1.165) is 0 Å². The predicted octanol–water partition coefficient (Wildman–Crippen LogP) is 6.83. The van der Waals surface area contributed by atoms with Gasteiger partial charge < -0.3 is 47.3 Å². The summed E-state index contributed by atoms with van der Waals surface area (Å²) >= 11 is 0. The second-order valence-corrected chi connectivity index (χ2v) is 21.8. The molecule has 6 amide bonds. The molecule has 4 aromatic carbocycles. The Morgan fingerprint density at radius 3 is 2.08 bits per heavy atom. The van der Waals surface area contributed by atoms with Gasteiger partial charge in [-0.3, -0.25) is 38.4 Å². The molecule has 9 N–H and O–H groups in total. The molecule has 7 atom stereocenters. The minimum Gasteiger partial charge on any atom is -0.508 e. The number of aromatic hydroxyl groups is 1. The number of aromatic amines is 1. The molecule has 2 aliphatic rings. The third kappa shape index (κ3) is 17.6. The maximum Gasteiger partial charge on any atom is 0.416 e. The van der Waals surface area contributed by atoms with E-state index < -0.39 is 125 Å². The number of Topliss-reactive ketones (excluding diaryl/α,β-unsaturated/α-hetero) is 2. The third-order valence-corrected chi connectivity index (χ3v) is 14.8. The largest absolute Gasteiger partial charge is 0.508 e. The number of benzene rings is 4. The quantitative estimate of drug-likeness (QED) is 0.0335. The molecule has 448 valence electrons. The molecule has 0 unspecified atom stereocenters. The van der Waals surface area contributed by atoms with Crippen LogP contribution in [0.4, 0.5) is 26.3 Å². The number of fused-ring (bicyclic) bond motifs is 1. The number of rotatable bonds is 18. The Morgan fingerprint density at radius 1 is 0.738 bits per heavy atom. The van der Waals surface area contributed by atoms with Gasteiger partial charge in [-0.2, -0.15) is 26.3 Å². The van der Waals surface area contributed by atoms with Crippen molar-refractivity contribution in [3.8, 4) is 5.75 Å². The first kappa shape index (κ1) is 63.2. The summed E-state index contributed by atoms with van der Waals surface area (Å²) < 4.78 is 82.5. The summed E-state index contributed by atoms with van der Waals surface area (Å²) in [6.45, 7) is 2.83. The van der Waals surface area contributed by atoms with Crippen molar-refractivity contribution in [2.24, 2.45) is 17.6 Å². The van der Waals surface area contributed by atoms with Gasteiger partial charge in [-0.15, -0.1) is 0 Å². The van der Waals surface area contributed by atoms with E-state index in [2.05, 4.69) is 31.6 Å². The highest BCUT2D eigenvalue weighted by Gasteiger charge is 2.41. The molecule has 5 aromatic rings. The number of nitrogens with two attached hydrogens (primary N) is 1. The molecular weight excluding hydrogens is 1100 g/mol. The molecule has 0 aliphatic carbocycles. The van der Waals surface area contributed by atoms with Gasteiger partial charge in [-0.1, -0.05) is 86.7 Å². The van der Waals surface area contributed by atoms with Crippen LogP contribution in [0.2, 0.25) is 0 Å². The Bertz CT molecular complexity index is 3170. The number of para-hydroxylation sites is 1. The molecule has 1 saturated heterocycles. The fourth-order valence-corrected chi connectivity index (χ4v) is 10.4. The number of amides is 6. The van der Waals surface area contributed by atoms with Gasteiger partial charge in [0, 0.05) is 61.8 Å². The number of nitrogens with zero attached hydrogens (tertiary/aromatic N) is 1. The molecule has 84 heavy (non-hydrogen) atoms. The van der Waals surface area contributed by atoms with Crippen LogP contribution in [-0.4, -0.2) is 105 Å². The average molecular weight is 1170 g/mol. The summed E-state index contributed by atoms with van der Waals surface area (Å²) in [7, 11) is 0. The predicted molar refractivity (Wildman–Crippen MR) is 298 cm³/mol. The van der Waals surface area contributed by atoms with Crippen LogP contribution in [0.1, 0.15) is 98.6 Å². The molecule has 23 heteroatoms. The van der Waals surface area contributed by atoms with E-state index in [1.165, 1.54) is 17.0 Å². The molecule has 0 bridgehead atoms. The topological polar surface area (TPSA) is 262 Å². The summed E-state index contributed by atoms with van der Waals surface area (Å²) in [6, 6.07) is 15.5. The Hall–Kier alpha value is -8.34. The second kappa shape index (κ2) is 28.3. The summed E-state index contributed by atoms with van der Waals surface area (Å²) in [5.41, 5.74) is 5.11. The van der Waals surface area contributed by atoms with Crippen molar-refractivity contribution in [1.82, 2.24) is 36.5 Å². The normalized spacial score (nSPS) is 19.5. The van der Waals surface area contributed by atoms with Crippen molar-refractivity contribution in [2.45, 2.75) is 140 Å². The standard InChI is InChI=1S/C61H68F6N8O9/c1-35(2)25-49(57(82)73-50(30-40-34-69-46-15-9-7-14-44(40)46)56(81)70-33-38-26-41(60(62,63)64)32-42(27-38)61(65,66)67)74-58(83)51-17-10-24-75(51)59(84)39-13-6-8-16-47(72-55(80)45(68)28-37-18-20-43(76)21-19-37)52(77)22-23-54(79)71-48(53(78)31-39)29-36-11-4-3-5-12-36/h3-9,11-12,14-15,18-21,26-27,32,34-35,39,45,47-51,69,76H,10,13,16-17,22-25,28-31,33,68H2,1-2H3,(H,70,81)(H,71,79)(H,72,80)(H,73,82)(H,74,83)/t39-,45+,47-,48+,49+,50+,51+/m1/s1. The lowest BCUT2D eigenvalue weighted by Gasteiger charge is -2.30. The van der Waals surface area contributed by atoms with Crippen LogP contribution in [0.15, 0.2) is 115 Å².